The van der Waals surface area contributed by atoms with E-state index in [-0.39, 0.29) is 5.56 Å². The molecule has 1 N–H and O–H groups in total. The molecule has 0 bridgehead atoms. The second-order valence-electron chi connectivity index (χ2n) is 2.24. The SMILES string of the molecule is N=C(SC(F)(F)F)c1ccccc1. The first-order valence-corrected chi connectivity index (χ1v) is 4.20. The number of alkyl halides is 3. The lowest BCUT2D eigenvalue weighted by Gasteiger charge is -2.05. The fourth-order valence-electron chi connectivity index (χ4n) is 0.764. The standard InChI is InChI=1S/C8H6F3NS/c9-8(10,11)13-7(12)6-4-2-1-3-5-6/h1-5,12H. The van der Waals surface area contributed by atoms with Crippen LogP contribution in [0.2, 0.25) is 0 Å². The Kier molecular flexibility index (Phi) is 2.98. The molecule has 0 aliphatic carbocycles. The number of hydrogen-bond acceptors (Lipinski definition) is 2. The van der Waals surface area contributed by atoms with E-state index in [4.69, 9.17) is 5.41 Å². The monoisotopic (exact) mass is 205 g/mol. The van der Waals surface area contributed by atoms with E-state index in [1.54, 1.807) is 18.2 Å². The van der Waals surface area contributed by atoms with Crippen molar-refractivity contribution in [3.05, 3.63) is 35.9 Å². The van der Waals surface area contributed by atoms with Crippen LogP contribution in [-0.2, 0) is 0 Å². The maximum absolute atomic E-state index is 11.8. The molecule has 1 rings (SSSR count). The topological polar surface area (TPSA) is 23.9 Å². The maximum Gasteiger partial charge on any atom is 0.447 e. The van der Waals surface area contributed by atoms with Crippen molar-refractivity contribution in [2.45, 2.75) is 5.51 Å². The predicted octanol–water partition coefficient (Wildman–Crippen LogP) is 3.26. The Balaban J connectivity index is 2.71. The van der Waals surface area contributed by atoms with Crippen LogP contribution in [0.25, 0.3) is 0 Å². The highest BCUT2D eigenvalue weighted by Gasteiger charge is 2.31. The van der Waals surface area contributed by atoms with Gasteiger partial charge in [-0.1, -0.05) is 30.3 Å². The summed E-state index contributed by atoms with van der Waals surface area (Å²) in [6.45, 7) is 0. The van der Waals surface area contributed by atoms with Gasteiger partial charge in [-0.2, -0.15) is 13.2 Å². The highest BCUT2D eigenvalue weighted by Crippen LogP contribution is 2.32. The van der Waals surface area contributed by atoms with Gasteiger partial charge in [-0.25, -0.2) is 0 Å². The van der Waals surface area contributed by atoms with Crippen molar-refractivity contribution in [1.29, 1.82) is 5.41 Å². The Morgan fingerprint density at radius 1 is 1.15 bits per heavy atom. The number of halogens is 3. The van der Waals surface area contributed by atoms with Crippen molar-refractivity contribution in [3.63, 3.8) is 0 Å². The second kappa shape index (κ2) is 3.83. The van der Waals surface area contributed by atoms with E-state index in [1.165, 1.54) is 12.1 Å². The molecule has 13 heavy (non-hydrogen) atoms. The van der Waals surface area contributed by atoms with E-state index in [0.717, 1.165) is 0 Å². The Morgan fingerprint density at radius 3 is 2.15 bits per heavy atom. The Labute approximate surface area is 77.5 Å². The first-order valence-electron chi connectivity index (χ1n) is 3.39. The van der Waals surface area contributed by atoms with Crippen molar-refractivity contribution >= 4 is 16.8 Å². The fraction of sp³-hybridized carbons (Fsp3) is 0.125. The minimum Gasteiger partial charge on any atom is -0.293 e. The highest BCUT2D eigenvalue weighted by atomic mass is 32.2. The van der Waals surface area contributed by atoms with Crippen LogP contribution in [0.15, 0.2) is 30.3 Å². The third-order valence-electron chi connectivity index (χ3n) is 1.25. The van der Waals surface area contributed by atoms with Gasteiger partial charge in [0.05, 0.1) is 0 Å². The molecule has 0 amide bonds. The second-order valence-corrected chi connectivity index (χ2v) is 3.32. The number of rotatable bonds is 1. The summed E-state index contributed by atoms with van der Waals surface area (Å²) in [6.07, 6.45) is 0. The van der Waals surface area contributed by atoms with Crippen LogP contribution in [0.5, 0.6) is 0 Å². The molecule has 0 fully saturated rings. The number of hydrogen-bond donors (Lipinski definition) is 1. The van der Waals surface area contributed by atoms with Gasteiger partial charge in [-0.15, -0.1) is 0 Å². The minimum atomic E-state index is -4.38. The van der Waals surface area contributed by atoms with Crippen molar-refractivity contribution in [2.24, 2.45) is 0 Å². The van der Waals surface area contributed by atoms with Gasteiger partial charge in [0.2, 0.25) is 0 Å². The summed E-state index contributed by atoms with van der Waals surface area (Å²) in [4.78, 5) is 0. The lowest BCUT2D eigenvalue weighted by molar-refractivity contribution is -0.0315. The molecule has 1 aromatic rings. The summed E-state index contributed by atoms with van der Waals surface area (Å²) in [5.41, 5.74) is -4.10. The fourth-order valence-corrected chi connectivity index (χ4v) is 1.25. The van der Waals surface area contributed by atoms with Crippen LogP contribution in [-0.4, -0.2) is 10.6 Å². The summed E-state index contributed by atoms with van der Waals surface area (Å²) < 4.78 is 35.4. The molecule has 70 valence electrons. The van der Waals surface area contributed by atoms with E-state index in [2.05, 4.69) is 0 Å². The summed E-state index contributed by atoms with van der Waals surface area (Å²) in [7, 11) is 0. The van der Waals surface area contributed by atoms with Gasteiger partial charge in [-0.05, 0) is 0 Å². The molecule has 0 unspecified atom stereocenters. The van der Waals surface area contributed by atoms with Crippen LogP contribution in [0, 0.1) is 5.41 Å². The molecule has 0 saturated carbocycles. The molecular weight excluding hydrogens is 199 g/mol. The molecule has 1 aromatic carbocycles. The Bertz CT molecular complexity index is 294. The molecule has 0 saturated heterocycles. The van der Waals surface area contributed by atoms with Crippen LogP contribution in [0.3, 0.4) is 0 Å². The van der Waals surface area contributed by atoms with E-state index < -0.39 is 22.3 Å². The first kappa shape index (κ1) is 10.1. The molecule has 0 radical (unpaired) electrons. The Hall–Kier alpha value is -0.970. The van der Waals surface area contributed by atoms with Gasteiger partial charge < -0.3 is 0 Å². The van der Waals surface area contributed by atoms with Gasteiger partial charge in [-0.3, -0.25) is 5.41 Å². The summed E-state index contributed by atoms with van der Waals surface area (Å²) >= 11 is -0.407. The smallest absolute Gasteiger partial charge is 0.293 e. The normalized spacial score (nSPS) is 11.3. The third kappa shape index (κ3) is 3.50. The zero-order valence-corrected chi connectivity index (χ0v) is 7.25. The van der Waals surface area contributed by atoms with Gasteiger partial charge in [0.1, 0.15) is 5.04 Å². The van der Waals surface area contributed by atoms with Crippen LogP contribution in [0.4, 0.5) is 13.2 Å². The first-order chi connectivity index (χ1) is 5.99. The van der Waals surface area contributed by atoms with Crippen molar-refractivity contribution < 1.29 is 13.2 Å². The van der Waals surface area contributed by atoms with E-state index >= 15 is 0 Å². The highest BCUT2D eigenvalue weighted by molar-refractivity contribution is 8.15. The van der Waals surface area contributed by atoms with Crippen molar-refractivity contribution in [2.75, 3.05) is 0 Å². The van der Waals surface area contributed by atoms with Crippen LogP contribution in [0.1, 0.15) is 5.56 Å². The molecule has 0 aliphatic rings. The molecular formula is C8H6F3NS. The van der Waals surface area contributed by atoms with Crippen molar-refractivity contribution in [3.8, 4) is 0 Å². The van der Waals surface area contributed by atoms with Gasteiger partial charge >= 0.3 is 5.51 Å². The summed E-state index contributed by atoms with van der Waals surface area (Å²) in [6, 6.07) is 7.83. The summed E-state index contributed by atoms with van der Waals surface area (Å²) in [5.74, 6) is 0. The zero-order valence-electron chi connectivity index (χ0n) is 6.43. The van der Waals surface area contributed by atoms with Crippen LogP contribution < -0.4 is 0 Å². The average Bonchev–Trinajstić information content (AvgIpc) is 2.03. The van der Waals surface area contributed by atoms with Gasteiger partial charge in [0.15, 0.2) is 0 Å². The average molecular weight is 205 g/mol. The van der Waals surface area contributed by atoms with E-state index in [0.29, 0.717) is 0 Å². The molecule has 1 nitrogen and oxygen atoms in total. The van der Waals surface area contributed by atoms with Crippen LogP contribution >= 0.6 is 11.8 Å². The van der Waals surface area contributed by atoms with Crippen molar-refractivity contribution in [1.82, 2.24) is 0 Å². The minimum absolute atomic E-state index is 0.282. The molecule has 0 aliphatic heterocycles. The Morgan fingerprint density at radius 2 is 1.69 bits per heavy atom. The third-order valence-corrected chi connectivity index (χ3v) is 1.93. The lowest BCUT2D eigenvalue weighted by Crippen LogP contribution is -2.06. The quantitative estimate of drug-likeness (QED) is 0.552. The zero-order chi connectivity index (χ0) is 9.90. The molecule has 5 heteroatoms. The molecule has 0 atom stereocenters. The number of benzene rings is 1. The van der Waals surface area contributed by atoms with Gasteiger partial charge in [0.25, 0.3) is 0 Å². The molecule has 0 aromatic heterocycles. The predicted molar refractivity (Wildman–Crippen MR) is 46.9 cm³/mol. The molecule has 0 spiro atoms. The summed E-state index contributed by atoms with van der Waals surface area (Å²) in [5, 5.41) is 6.65. The van der Waals surface area contributed by atoms with E-state index in [9.17, 15) is 13.2 Å². The van der Waals surface area contributed by atoms with Gasteiger partial charge in [0, 0.05) is 17.3 Å². The maximum atomic E-state index is 11.8. The lowest BCUT2D eigenvalue weighted by atomic mass is 10.2. The largest absolute Gasteiger partial charge is 0.447 e. The molecule has 0 heterocycles. The number of nitrogens with one attached hydrogen (secondary N) is 1. The van der Waals surface area contributed by atoms with E-state index in [1.807, 2.05) is 0 Å². The number of thioether (sulfide) groups is 1.